The fraction of sp³-hybridized carbons (Fsp3) is 0.182. The first-order chi connectivity index (χ1) is 7.16. The minimum Gasteiger partial charge on any atom is -0.381 e. The van der Waals surface area contributed by atoms with E-state index in [2.05, 4.69) is 20.9 Å². The highest BCUT2D eigenvalue weighted by Gasteiger charge is 2.13. The molecular formula is C11H10BrNOS. The highest BCUT2D eigenvalue weighted by atomic mass is 79.9. The Morgan fingerprint density at radius 1 is 1.47 bits per heavy atom. The van der Waals surface area contributed by atoms with Crippen LogP contribution >= 0.6 is 27.3 Å². The van der Waals surface area contributed by atoms with Gasteiger partial charge in [0.1, 0.15) is 15.7 Å². The Morgan fingerprint density at radius 3 is 2.87 bits per heavy atom. The number of hydrogen-bond donors (Lipinski definition) is 1. The van der Waals surface area contributed by atoms with Crippen molar-refractivity contribution < 1.29 is 5.11 Å². The van der Waals surface area contributed by atoms with Crippen LogP contribution in [0, 0.1) is 6.92 Å². The van der Waals surface area contributed by atoms with Gasteiger partial charge in [0.05, 0.1) is 0 Å². The van der Waals surface area contributed by atoms with Crippen molar-refractivity contribution in [3.05, 3.63) is 50.4 Å². The second-order valence-corrected chi connectivity index (χ2v) is 5.03. The minimum absolute atomic E-state index is 0.624. The first-order valence-electron chi connectivity index (χ1n) is 4.52. The first-order valence-corrected chi connectivity index (χ1v) is 6.19. The number of aryl methyl sites for hydroxylation is 1. The molecule has 1 N–H and O–H groups in total. The fourth-order valence-electron chi connectivity index (χ4n) is 1.38. The van der Waals surface area contributed by atoms with Crippen LogP contribution in [0.25, 0.3) is 0 Å². The normalized spacial score (nSPS) is 12.7. The van der Waals surface area contributed by atoms with Gasteiger partial charge in [-0.25, -0.2) is 4.98 Å². The maximum absolute atomic E-state index is 10.1. The fourth-order valence-corrected chi connectivity index (χ4v) is 2.65. The molecule has 78 valence electrons. The summed E-state index contributed by atoms with van der Waals surface area (Å²) in [7, 11) is 0. The third-order valence-electron chi connectivity index (χ3n) is 2.09. The lowest BCUT2D eigenvalue weighted by atomic mass is 10.1. The van der Waals surface area contributed by atoms with Crippen LogP contribution in [-0.4, -0.2) is 10.1 Å². The van der Waals surface area contributed by atoms with Crippen molar-refractivity contribution in [2.75, 3.05) is 0 Å². The zero-order valence-electron chi connectivity index (χ0n) is 8.14. The number of benzene rings is 1. The zero-order valence-corrected chi connectivity index (χ0v) is 10.5. The summed E-state index contributed by atoms with van der Waals surface area (Å²) in [5.74, 6) is 0. The van der Waals surface area contributed by atoms with E-state index < -0.39 is 6.10 Å². The largest absolute Gasteiger partial charge is 0.381 e. The monoisotopic (exact) mass is 283 g/mol. The van der Waals surface area contributed by atoms with Crippen LogP contribution < -0.4 is 0 Å². The lowest BCUT2D eigenvalue weighted by molar-refractivity contribution is 0.219. The van der Waals surface area contributed by atoms with Gasteiger partial charge in [-0.3, -0.25) is 0 Å². The van der Waals surface area contributed by atoms with E-state index in [9.17, 15) is 5.11 Å². The summed E-state index contributed by atoms with van der Waals surface area (Å²) in [5, 5.41) is 12.6. The van der Waals surface area contributed by atoms with E-state index in [1.807, 2.05) is 36.6 Å². The Kier molecular flexibility index (Phi) is 3.19. The summed E-state index contributed by atoms with van der Waals surface area (Å²) in [4.78, 5) is 4.20. The van der Waals surface area contributed by atoms with Gasteiger partial charge >= 0.3 is 0 Å². The highest BCUT2D eigenvalue weighted by molar-refractivity contribution is 9.10. The van der Waals surface area contributed by atoms with Gasteiger partial charge in [-0.15, -0.1) is 11.3 Å². The van der Waals surface area contributed by atoms with E-state index in [4.69, 9.17) is 0 Å². The molecule has 0 saturated carbocycles. The third kappa shape index (κ3) is 2.45. The number of rotatable bonds is 2. The van der Waals surface area contributed by atoms with E-state index in [0.29, 0.717) is 5.01 Å². The quantitative estimate of drug-likeness (QED) is 0.918. The topological polar surface area (TPSA) is 33.1 Å². The molecule has 0 aliphatic heterocycles. The molecule has 1 aromatic carbocycles. The van der Waals surface area contributed by atoms with E-state index in [1.54, 1.807) is 0 Å². The lowest BCUT2D eigenvalue weighted by Crippen LogP contribution is -1.98. The van der Waals surface area contributed by atoms with Crippen LogP contribution in [0.1, 0.15) is 22.2 Å². The molecule has 0 amide bonds. The van der Waals surface area contributed by atoms with Crippen molar-refractivity contribution in [3.8, 4) is 0 Å². The molecule has 0 spiro atoms. The molecule has 1 heterocycles. The molecular weight excluding hydrogens is 274 g/mol. The molecule has 1 atom stereocenters. The molecule has 4 heteroatoms. The zero-order chi connectivity index (χ0) is 10.8. The Labute approximate surface area is 101 Å². The maximum Gasteiger partial charge on any atom is 0.131 e. The van der Waals surface area contributed by atoms with Gasteiger partial charge in [0, 0.05) is 5.38 Å². The molecule has 1 aromatic heterocycles. The molecule has 0 aliphatic carbocycles. The SMILES string of the molecule is Cc1cccc(C(O)c2nc(Br)cs2)c1. The van der Waals surface area contributed by atoms with Gasteiger partial charge in [0.15, 0.2) is 0 Å². The molecule has 0 aliphatic rings. The predicted octanol–water partition coefficient (Wildman–Crippen LogP) is 3.30. The van der Waals surface area contributed by atoms with Crippen molar-refractivity contribution in [1.82, 2.24) is 4.98 Å². The standard InChI is InChI=1S/C11H10BrNOS/c1-7-3-2-4-8(5-7)10(14)11-13-9(12)6-15-11/h2-6,10,14H,1H3. The lowest BCUT2D eigenvalue weighted by Gasteiger charge is -2.08. The Bertz CT molecular complexity index is 469. The minimum atomic E-state index is -0.624. The van der Waals surface area contributed by atoms with Crippen LogP contribution in [0.5, 0.6) is 0 Å². The Morgan fingerprint density at radius 2 is 2.27 bits per heavy atom. The molecule has 2 rings (SSSR count). The second kappa shape index (κ2) is 4.43. The number of halogens is 1. The van der Waals surface area contributed by atoms with Gasteiger partial charge in [-0.1, -0.05) is 29.8 Å². The van der Waals surface area contributed by atoms with Crippen molar-refractivity contribution in [3.63, 3.8) is 0 Å². The second-order valence-electron chi connectivity index (χ2n) is 3.33. The van der Waals surface area contributed by atoms with Crippen LogP contribution in [0.15, 0.2) is 34.2 Å². The van der Waals surface area contributed by atoms with Crippen LogP contribution in [0.2, 0.25) is 0 Å². The average Bonchev–Trinajstić information content (AvgIpc) is 2.64. The van der Waals surface area contributed by atoms with Gasteiger partial charge in [-0.05, 0) is 28.4 Å². The molecule has 0 bridgehead atoms. The number of hydrogen-bond acceptors (Lipinski definition) is 3. The summed E-state index contributed by atoms with van der Waals surface area (Å²) in [6, 6.07) is 7.83. The van der Waals surface area contributed by atoms with E-state index >= 15 is 0 Å². The first kappa shape index (κ1) is 10.8. The van der Waals surface area contributed by atoms with Crippen LogP contribution in [0.4, 0.5) is 0 Å². The third-order valence-corrected chi connectivity index (χ3v) is 3.69. The number of aromatic nitrogens is 1. The Hall–Kier alpha value is -0.710. The molecule has 0 radical (unpaired) electrons. The average molecular weight is 284 g/mol. The summed E-state index contributed by atoms with van der Waals surface area (Å²) >= 11 is 4.73. The molecule has 0 saturated heterocycles. The molecule has 2 nitrogen and oxygen atoms in total. The van der Waals surface area contributed by atoms with Crippen LogP contribution in [0.3, 0.4) is 0 Å². The van der Waals surface area contributed by atoms with Gasteiger partial charge in [0.25, 0.3) is 0 Å². The number of aliphatic hydroxyl groups is 1. The molecule has 15 heavy (non-hydrogen) atoms. The summed E-state index contributed by atoms with van der Waals surface area (Å²) in [6.07, 6.45) is -0.624. The summed E-state index contributed by atoms with van der Waals surface area (Å²) < 4.78 is 0.772. The number of thiazole rings is 1. The van der Waals surface area contributed by atoms with Gasteiger partial charge < -0.3 is 5.11 Å². The highest BCUT2D eigenvalue weighted by Crippen LogP contribution is 2.26. The predicted molar refractivity (Wildman–Crippen MR) is 65.1 cm³/mol. The van der Waals surface area contributed by atoms with E-state index in [-0.39, 0.29) is 0 Å². The van der Waals surface area contributed by atoms with Crippen LogP contribution in [-0.2, 0) is 0 Å². The molecule has 1 unspecified atom stereocenters. The van der Waals surface area contributed by atoms with E-state index in [0.717, 1.165) is 15.7 Å². The van der Waals surface area contributed by atoms with Gasteiger partial charge in [-0.2, -0.15) is 0 Å². The number of nitrogens with zero attached hydrogens (tertiary/aromatic N) is 1. The van der Waals surface area contributed by atoms with Crippen molar-refractivity contribution in [1.29, 1.82) is 0 Å². The smallest absolute Gasteiger partial charge is 0.131 e. The molecule has 0 fully saturated rings. The van der Waals surface area contributed by atoms with Crippen molar-refractivity contribution >= 4 is 27.3 Å². The molecule has 2 aromatic rings. The van der Waals surface area contributed by atoms with Gasteiger partial charge in [0.2, 0.25) is 0 Å². The summed E-state index contributed by atoms with van der Waals surface area (Å²) in [6.45, 7) is 2.01. The number of aliphatic hydroxyl groups excluding tert-OH is 1. The Balaban J connectivity index is 2.32. The summed E-state index contributed by atoms with van der Waals surface area (Å²) in [5.41, 5.74) is 2.03. The van der Waals surface area contributed by atoms with Crippen molar-refractivity contribution in [2.24, 2.45) is 0 Å². The maximum atomic E-state index is 10.1. The van der Waals surface area contributed by atoms with Crippen molar-refractivity contribution in [2.45, 2.75) is 13.0 Å². The van der Waals surface area contributed by atoms with E-state index in [1.165, 1.54) is 11.3 Å².